The molecule has 0 aromatic heterocycles. The van der Waals surface area contributed by atoms with E-state index < -0.39 is 15.3 Å². The summed E-state index contributed by atoms with van der Waals surface area (Å²) in [6.45, 7) is 4.66. The Kier molecular flexibility index (Phi) is 5.72. The molecule has 7 heteroatoms. The fourth-order valence-electron chi connectivity index (χ4n) is 1.28. The van der Waals surface area contributed by atoms with Crippen molar-refractivity contribution in [3.8, 4) is 0 Å². The third kappa shape index (κ3) is 4.31. The summed E-state index contributed by atoms with van der Waals surface area (Å²) < 4.78 is 26.5. The van der Waals surface area contributed by atoms with Crippen molar-refractivity contribution in [2.75, 3.05) is 17.8 Å². The molecule has 0 spiro atoms. The van der Waals surface area contributed by atoms with E-state index in [4.69, 9.17) is 23.2 Å². The second-order valence-electron chi connectivity index (χ2n) is 3.89. The van der Waals surface area contributed by atoms with Crippen LogP contribution in [0.2, 0.25) is 10.0 Å². The highest BCUT2D eigenvalue weighted by atomic mass is 35.5. The molecule has 2 N–H and O–H groups in total. The van der Waals surface area contributed by atoms with Crippen LogP contribution < -0.4 is 10.0 Å². The lowest BCUT2D eigenvalue weighted by molar-refractivity contribution is 0.579. The summed E-state index contributed by atoms with van der Waals surface area (Å²) in [5, 5.41) is 3.18. The third-order valence-electron chi connectivity index (χ3n) is 2.39. The molecule has 1 rings (SSSR count). The van der Waals surface area contributed by atoms with Gasteiger partial charge < -0.3 is 5.32 Å². The van der Waals surface area contributed by atoms with Gasteiger partial charge in [0.2, 0.25) is 10.0 Å². The van der Waals surface area contributed by atoms with Crippen molar-refractivity contribution < 1.29 is 8.42 Å². The van der Waals surface area contributed by atoms with E-state index in [0.29, 0.717) is 17.3 Å². The van der Waals surface area contributed by atoms with Gasteiger partial charge in [-0.1, -0.05) is 30.1 Å². The monoisotopic (exact) mass is 310 g/mol. The first-order valence-electron chi connectivity index (χ1n) is 5.54. The molecule has 0 aliphatic carbocycles. The Hall–Kier alpha value is -0.490. The molecule has 1 atom stereocenters. The van der Waals surface area contributed by atoms with Crippen LogP contribution in [0.5, 0.6) is 0 Å². The zero-order valence-corrected chi connectivity index (χ0v) is 12.5. The summed E-state index contributed by atoms with van der Waals surface area (Å²) in [6.07, 6.45) is 0. The average molecular weight is 311 g/mol. The van der Waals surface area contributed by atoms with Crippen molar-refractivity contribution in [1.82, 2.24) is 5.32 Å². The molecule has 0 aliphatic heterocycles. The fourth-order valence-corrected chi connectivity index (χ4v) is 2.82. The molecule has 0 aliphatic rings. The first-order valence-corrected chi connectivity index (χ1v) is 7.84. The van der Waals surface area contributed by atoms with Gasteiger partial charge in [-0.25, -0.2) is 8.42 Å². The van der Waals surface area contributed by atoms with E-state index in [0.717, 1.165) is 6.54 Å². The minimum Gasteiger partial charge on any atom is -0.316 e. The molecule has 1 aromatic rings. The van der Waals surface area contributed by atoms with Gasteiger partial charge in [-0.05, 0) is 31.7 Å². The van der Waals surface area contributed by atoms with Gasteiger partial charge >= 0.3 is 0 Å². The van der Waals surface area contributed by atoms with Gasteiger partial charge in [-0.3, -0.25) is 4.72 Å². The third-order valence-corrected chi connectivity index (χ3v) is 4.67. The van der Waals surface area contributed by atoms with Crippen LogP contribution in [0.3, 0.4) is 0 Å². The molecule has 102 valence electrons. The maximum Gasteiger partial charge on any atom is 0.236 e. The fraction of sp³-hybridized carbons (Fsp3) is 0.455. The Bertz CT molecular complexity index is 506. The standard InChI is InChI=1S/C11H16Cl2N2O2S/c1-3-14-7-8(2)18(16,17)15-11-5-4-9(12)6-10(11)13/h4-6,8,14-15H,3,7H2,1-2H3. The maximum absolute atomic E-state index is 12.0. The molecule has 0 amide bonds. The van der Waals surface area contributed by atoms with E-state index in [2.05, 4.69) is 10.0 Å². The van der Waals surface area contributed by atoms with Crippen molar-refractivity contribution in [3.63, 3.8) is 0 Å². The van der Waals surface area contributed by atoms with E-state index in [9.17, 15) is 8.42 Å². The summed E-state index contributed by atoms with van der Waals surface area (Å²) in [5.41, 5.74) is 0.337. The predicted molar refractivity (Wildman–Crippen MR) is 77.0 cm³/mol. The molecule has 0 bridgehead atoms. The van der Waals surface area contributed by atoms with Crippen LogP contribution in [0, 0.1) is 0 Å². The molecule has 0 saturated carbocycles. The lowest BCUT2D eigenvalue weighted by Gasteiger charge is -2.15. The minimum atomic E-state index is -3.46. The highest BCUT2D eigenvalue weighted by Crippen LogP contribution is 2.26. The van der Waals surface area contributed by atoms with Gasteiger partial charge in [0, 0.05) is 11.6 Å². The Morgan fingerprint density at radius 2 is 2.00 bits per heavy atom. The van der Waals surface area contributed by atoms with Crippen LogP contribution in [0.25, 0.3) is 0 Å². The van der Waals surface area contributed by atoms with Crippen LogP contribution in [0.1, 0.15) is 13.8 Å². The number of hydrogen-bond acceptors (Lipinski definition) is 3. The molecule has 0 saturated heterocycles. The second-order valence-corrected chi connectivity index (χ2v) is 6.83. The lowest BCUT2D eigenvalue weighted by Crippen LogP contribution is -2.34. The second kappa shape index (κ2) is 6.61. The Morgan fingerprint density at radius 3 is 2.56 bits per heavy atom. The van der Waals surface area contributed by atoms with Gasteiger partial charge in [0.15, 0.2) is 0 Å². The number of rotatable bonds is 6. The summed E-state index contributed by atoms with van der Waals surface area (Å²) in [6, 6.07) is 4.62. The molecule has 0 heterocycles. The van der Waals surface area contributed by atoms with Crippen molar-refractivity contribution >= 4 is 38.9 Å². The molecule has 18 heavy (non-hydrogen) atoms. The van der Waals surface area contributed by atoms with E-state index in [-0.39, 0.29) is 5.02 Å². The largest absolute Gasteiger partial charge is 0.316 e. The van der Waals surface area contributed by atoms with Crippen LogP contribution >= 0.6 is 23.2 Å². The molecule has 1 unspecified atom stereocenters. The summed E-state index contributed by atoms with van der Waals surface area (Å²) >= 11 is 11.7. The maximum atomic E-state index is 12.0. The lowest BCUT2D eigenvalue weighted by atomic mass is 10.3. The number of hydrogen-bond donors (Lipinski definition) is 2. The number of sulfonamides is 1. The van der Waals surface area contributed by atoms with Crippen LogP contribution in [-0.4, -0.2) is 26.8 Å². The SMILES string of the molecule is CCNCC(C)S(=O)(=O)Nc1ccc(Cl)cc1Cl. The Morgan fingerprint density at radius 1 is 1.33 bits per heavy atom. The van der Waals surface area contributed by atoms with Crippen molar-refractivity contribution in [2.45, 2.75) is 19.1 Å². The zero-order valence-electron chi connectivity index (χ0n) is 10.2. The first kappa shape index (κ1) is 15.6. The Labute approximate surface area is 118 Å². The predicted octanol–water partition coefficient (Wildman–Crippen LogP) is 2.73. The van der Waals surface area contributed by atoms with E-state index in [1.807, 2.05) is 6.92 Å². The van der Waals surface area contributed by atoms with Crippen molar-refractivity contribution in [3.05, 3.63) is 28.2 Å². The quantitative estimate of drug-likeness (QED) is 0.849. The summed E-state index contributed by atoms with van der Waals surface area (Å²) in [7, 11) is -3.46. The van der Waals surface area contributed by atoms with E-state index in [1.54, 1.807) is 19.1 Å². The molecule has 0 fully saturated rings. The van der Waals surface area contributed by atoms with Crippen LogP contribution in [0.4, 0.5) is 5.69 Å². The van der Waals surface area contributed by atoms with Gasteiger partial charge in [0.05, 0.1) is 16.0 Å². The zero-order chi connectivity index (χ0) is 13.8. The molecular formula is C11H16Cl2N2O2S. The molecule has 0 radical (unpaired) electrons. The van der Waals surface area contributed by atoms with Gasteiger partial charge in [-0.2, -0.15) is 0 Å². The van der Waals surface area contributed by atoms with Crippen molar-refractivity contribution in [2.24, 2.45) is 0 Å². The van der Waals surface area contributed by atoms with Crippen LogP contribution in [-0.2, 0) is 10.0 Å². The number of benzene rings is 1. The Balaban J connectivity index is 2.82. The first-order chi connectivity index (χ1) is 8.36. The van der Waals surface area contributed by atoms with Gasteiger partial charge in [-0.15, -0.1) is 0 Å². The normalized spacial score (nSPS) is 13.3. The summed E-state index contributed by atoms with van der Waals surface area (Å²) in [5.74, 6) is 0. The van der Waals surface area contributed by atoms with Crippen LogP contribution in [0.15, 0.2) is 18.2 Å². The topological polar surface area (TPSA) is 58.2 Å². The smallest absolute Gasteiger partial charge is 0.236 e. The van der Waals surface area contributed by atoms with E-state index >= 15 is 0 Å². The number of nitrogens with one attached hydrogen (secondary N) is 2. The highest BCUT2D eigenvalue weighted by Gasteiger charge is 2.21. The average Bonchev–Trinajstić information content (AvgIpc) is 2.29. The number of halogens is 2. The number of anilines is 1. The summed E-state index contributed by atoms with van der Waals surface area (Å²) in [4.78, 5) is 0. The minimum absolute atomic E-state index is 0.279. The van der Waals surface area contributed by atoms with E-state index in [1.165, 1.54) is 6.07 Å². The molecular weight excluding hydrogens is 295 g/mol. The molecule has 1 aromatic carbocycles. The van der Waals surface area contributed by atoms with Crippen molar-refractivity contribution in [1.29, 1.82) is 0 Å². The molecule has 4 nitrogen and oxygen atoms in total. The van der Waals surface area contributed by atoms with Gasteiger partial charge in [0.1, 0.15) is 0 Å². The van der Waals surface area contributed by atoms with Gasteiger partial charge in [0.25, 0.3) is 0 Å². The highest BCUT2D eigenvalue weighted by molar-refractivity contribution is 7.93.